The molecular weight excluding hydrogens is 381 g/mol. The van der Waals surface area contributed by atoms with Crippen LogP contribution in [0.1, 0.15) is 47.0 Å². The lowest BCUT2D eigenvalue weighted by atomic mass is 9.81. The Bertz CT molecular complexity index is 767. The lowest BCUT2D eigenvalue weighted by Gasteiger charge is -2.34. The molecule has 3 heterocycles. The Balaban J connectivity index is 1.72. The van der Waals surface area contributed by atoms with Gasteiger partial charge in [0.15, 0.2) is 0 Å². The number of hydrogen-bond donors (Lipinski definition) is 1. The molecule has 0 spiro atoms. The Morgan fingerprint density at radius 1 is 1.18 bits per heavy atom. The highest BCUT2D eigenvalue weighted by Gasteiger charge is 2.52. The molecule has 2 aliphatic heterocycles. The van der Waals surface area contributed by atoms with E-state index in [4.69, 9.17) is 9.31 Å². The summed E-state index contributed by atoms with van der Waals surface area (Å²) >= 11 is 0. The topological polar surface area (TPSA) is 102 Å². The van der Waals surface area contributed by atoms with Gasteiger partial charge in [0.25, 0.3) is 0 Å². The predicted octanol–water partition coefficient (Wildman–Crippen LogP) is 0.396. The van der Waals surface area contributed by atoms with Crippen LogP contribution in [0.3, 0.4) is 0 Å². The van der Waals surface area contributed by atoms with Crippen molar-refractivity contribution in [3.05, 3.63) is 12.4 Å². The molecule has 1 N–H and O–H groups in total. The van der Waals surface area contributed by atoms with E-state index in [1.807, 2.05) is 32.6 Å². The fourth-order valence-electron chi connectivity index (χ4n) is 3.59. The highest BCUT2D eigenvalue weighted by atomic mass is 32.2. The number of rotatable bonds is 6. The van der Waals surface area contributed by atoms with Crippen molar-refractivity contribution in [1.82, 2.24) is 14.9 Å². The van der Waals surface area contributed by atoms with Gasteiger partial charge in [0.2, 0.25) is 15.0 Å². The van der Waals surface area contributed by atoms with E-state index in [9.17, 15) is 13.5 Å². The van der Waals surface area contributed by atoms with Crippen molar-refractivity contribution in [2.24, 2.45) is 0 Å². The first kappa shape index (κ1) is 21.6. The second kappa shape index (κ2) is 7.99. The van der Waals surface area contributed by atoms with Crippen LogP contribution >= 0.6 is 0 Å². The van der Waals surface area contributed by atoms with Gasteiger partial charge in [-0.3, -0.25) is 4.90 Å². The zero-order chi connectivity index (χ0) is 20.6. The molecule has 0 radical (unpaired) electrons. The summed E-state index contributed by atoms with van der Waals surface area (Å²) < 4.78 is 37.5. The van der Waals surface area contributed by atoms with Crippen molar-refractivity contribution in [2.75, 3.05) is 25.4 Å². The molecule has 28 heavy (non-hydrogen) atoms. The summed E-state index contributed by atoms with van der Waals surface area (Å²) in [6.45, 7) is 9.13. The summed E-state index contributed by atoms with van der Waals surface area (Å²) in [5.74, 6) is -0.0389. The van der Waals surface area contributed by atoms with Crippen molar-refractivity contribution in [3.63, 3.8) is 0 Å². The normalized spacial score (nSPS) is 25.2. The van der Waals surface area contributed by atoms with Crippen LogP contribution in [-0.2, 0) is 19.1 Å². The van der Waals surface area contributed by atoms with Crippen LogP contribution in [0.5, 0.6) is 0 Å². The minimum atomic E-state index is -3.62. The Kier molecular flexibility index (Phi) is 6.17. The van der Waals surface area contributed by atoms with Gasteiger partial charge in [0, 0.05) is 30.4 Å². The molecule has 10 heteroatoms. The maximum Gasteiger partial charge on any atom is 0.498 e. The highest BCUT2D eigenvalue weighted by molar-refractivity contribution is 7.91. The van der Waals surface area contributed by atoms with Crippen LogP contribution in [0.15, 0.2) is 17.6 Å². The number of likely N-dealkylation sites (tertiary alicyclic amines) is 1. The Morgan fingerprint density at radius 3 is 2.36 bits per heavy atom. The summed E-state index contributed by atoms with van der Waals surface area (Å²) in [6, 6.07) is -0.114. The largest absolute Gasteiger partial charge is 0.498 e. The average Bonchev–Trinajstić information content (AvgIpc) is 2.84. The number of aliphatic hydroxyl groups is 1. The number of sulfone groups is 1. The molecule has 8 nitrogen and oxygen atoms in total. The smallest absolute Gasteiger partial charge is 0.399 e. The van der Waals surface area contributed by atoms with Crippen molar-refractivity contribution in [1.29, 1.82) is 0 Å². The zero-order valence-electron chi connectivity index (χ0n) is 17.1. The van der Waals surface area contributed by atoms with Crippen LogP contribution < -0.4 is 5.46 Å². The van der Waals surface area contributed by atoms with Crippen LogP contribution in [0.2, 0.25) is 0 Å². The molecule has 156 valence electrons. The van der Waals surface area contributed by atoms with E-state index in [0.29, 0.717) is 12.0 Å². The SMILES string of the molecule is CC1(C)OB(c2cnc(S(=O)(=O)C[C@H]3CCCCN3CCO)nc2)OC1(C)C. The quantitative estimate of drug-likeness (QED) is 0.530. The molecule has 1 atom stereocenters. The maximum absolute atomic E-state index is 12.8. The number of aliphatic hydroxyl groups excluding tert-OH is 1. The van der Waals surface area contributed by atoms with E-state index in [1.54, 1.807) is 0 Å². The number of hydrogen-bond acceptors (Lipinski definition) is 8. The first-order valence-electron chi connectivity index (χ1n) is 9.81. The lowest BCUT2D eigenvalue weighted by Crippen LogP contribution is -2.45. The predicted molar refractivity (Wildman–Crippen MR) is 106 cm³/mol. The van der Waals surface area contributed by atoms with Gasteiger partial charge in [0.1, 0.15) is 0 Å². The molecule has 0 amide bonds. The van der Waals surface area contributed by atoms with Gasteiger partial charge in [-0.2, -0.15) is 0 Å². The Hall–Kier alpha value is -1.07. The van der Waals surface area contributed by atoms with Crippen LogP contribution in [0.4, 0.5) is 0 Å². The lowest BCUT2D eigenvalue weighted by molar-refractivity contribution is 0.00578. The third-order valence-corrected chi connectivity index (χ3v) is 7.59. The first-order valence-corrected chi connectivity index (χ1v) is 11.5. The molecule has 2 saturated heterocycles. The van der Waals surface area contributed by atoms with Gasteiger partial charge in [0.05, 0.1) is 23.6 Å². The molecule has 2 aliphatic rings. The molecule has 0 aromatic carbocycles. The van der Waals surface area contributed by atoms with Crippen LogP contribution in [-0.4, -0.2) is 78.2 Å². The van der Waals surface area contributed by atoms with E-state index in [0.717, 1.165) is 25.8 Å². The molecule has 1 aromatic rings. The van der Waals surface area contributed by atoms with Crippen molar-refractivity contribution >= 4 is 22.4 Å². The van der Waals surface area contributed by atoms with Gasteiger partial charge in [-0.25, -0.2) is 18.4 Å². The first-order chi connectivity index (χ1) is 13.1. The fraction of sp³-hybridized carbons (Fsp3) is 0.778. The van der Waals surface area contributed by atoms with Gasteiger partial charge >= 0.3 is 7.12 Å². The molecule has 0 aliphatic carbocycles. The van der Waals surface area contributed by atoms with Crippen LogP contribution in [0, 0.1) is 0 Å². The number of nitrogens with zero attached hydrogens (tertiary/aromatic N) is 3. The summed E-state index contributed by atoms with van der Waals surface area (Å²) in [5, 5.41) is 9.04. The van der Waals surface area contributed by atoms with E-state index in [1.165, 1.54) is 12.4 Å². The molecule has 1 aromatic heterocycles. The van der Waals surface area contributed by atoms with Crippen molar-refractivity contribution in [3.8, 4) is 0 Å². The van der Waals surface area contributed by atoms with Crippen LogP contribution in [0.25, 0.3) is 0 Å². The molecular formula is C18H30BN3O5S. The summed E-state index contributed by atoms with van der Waals surface area (Å²) in [5.41, 5.74) is -0.378. The standard InChI is InChI=1S/C18H30BN3O5S/c1-17(2)18(3,4)27-19(26-17)14-11-20-16(21-12-14)28(24,25)13-15-7-5-6-8-22(15)9-10-23/h11-12,15,23H,5-10,13H2,1-4H3/t15-/m1/s1. The molecule has 3 rings (SSSR count). The van der Waals surface area contributed by atoms with Crippen molar-refractivity contribution in [2.45, 2.75) is 69.4 Å². The zero-order valence-corrected chi connectivity index (χ0v) is 17.9. The van der Waals surface area contributed by atoms with E-state index in [-0.39, 0.29) is 23.6 Å². The second-order valence-electron chi connectivity index (χ2n) is 8.58. The molecule has 2 fully saturated rings. The molecule has 0 saturated carbocycles. The third kappa shape index (κ3) is 4.41. The minimum Gasteiger partial charge on any atom is -0.399 e. The van der Waals surface area contributed by atoms with Gasteiger partial charge in [-0.05, 0) is 47.1 Å². The van der Waals surface area contributed by atoms with Gasteiger partial charge in [-0.15, -0.1) is 0 Å². The highest BCUT2D eigenvalue weighted by Crippen LogP contribution is 2.36. The minimum absolute atomic E-state index is 0.0236. The number of piperidine rings is 1. The summed E-state index contributed by atoms with van der Waals surface area (Å²) in [7, 11) is -4.25. The second-order valence-corrected chi connectivity index (χ2v) is 10.5. The molecule has 0 unspecified atom stereocenters. The van der Waals surface area contributed by atoms with E-state index < -0.39 is 28.2 Å². The van der Waals surface area contributed by atoms with E-state index in [2.05, 4.69) is 9.97 Å². The van der Waals surface area contributed by atoms with Crippen molar-refractivity contribution < 1.29 is 22.8 Å². The molecule has 0 bridgehead atoms. The Morgan fingerprint density at radius 2 is 1.79 bits per heavy atom. The maximum atomic E-state index is 12.8. The monoisotopic (exact) mass is 411 g/mol. The Labute approximate surface area is 167 Å². The average molecular weight is 411 g/mol. The van der Waals surface area contributed by atoms with E-state index >= 15 is 0 Å². The number of β-amino-alcohol motifs (C(OH)–C–C–N with tert-alkyl or cyclic N) is 1. The van der Waals surface area contributed by atoms with Gasteiger partial charge < -0.3 is 14.4 Å². The fourth-order valence-corrected chi connectivity index (χ4v) is 5.05. The summed E-state index contributed by atoms with van der Waals surface area (Å²) in [4.78, 5) is 10.2. The van der Waals surface area contributed by atoms with Gasteiger partial charge in [-0.1, -0.05) is 6.42 Å². The summed E-state index contributed by atoms with van der Waals surface area (Å²) in [6.07, 6.45) is 5.74. The number of aromatic nitrogens is 2. The third-order valence-electron chi connectivity index (χ3n) is 6.00.